The highest BCUT2D eigenvalue weighted by Gasteiger charge is 2.26. The molecule has 1 aliphatic rings. The van der Waals surface area contributed by atoms with Gasteiger partial charge in [0.15, 0.2) is 0 Å². The van der Waals surface area contributed by atoms with Crippen molar-refractivity contribution < 1.29 is 9.59 Å². The fourth-order valence-corrected chi connectivity index (χ4v) is 3.47. The number of hydrogen-bond donors (Lipinski definition) is 2. The number of benzene rings is 2. The maximum Gasteiger partial charge on any atom is 0.238 e. The third kappa shape index (κ3) is 5.67. The molecule has 2 aromatic carbocycles. The Morgan fingerprint density at radius 3 is 2.14 bits per heavy atom. The monoisotopic (exact) mass is 379 g/mol. The van der Waals surface area contributed by atoms with E-state index in [1.165, 1.54) is 5.56 Å². The Labute approximate surface area is 167 Å². The van der Waals surface area contributed by atoms with Crippen LogP contribution in [0.4, 0.5) is 11.4 Å². The molecule has 0 saturated carbocycles. The van der Waals surface area contributed by atoms with E-state index in [2.05, 4.69) is 41.5 Å². The Bertz CT molecular complexity index is 779. The number of rotatable bonds is 6. The van der Waals surface area contributed by atoms with Gasteiger partial charge in [-0.2, -0.15) is 0 Å². The molecule has 0 radical (unpaired) electrons. The van der Waals surface area contributed by atoms with E-state index in [0.29, 0.717) is 12.5 Å². The number of piperidine rings is 1. The van der Waals surface area contributed by atoms with E-state index in [9.17, 15) is 9.59 Å². The minimum atomic E-state index is -0.00974. The summed E-state index contributed by atoms with van der Waals surface area (Å²) in [6, 6.07) is 17.5. The molecule has 5 nitrogen and oxygen atoms in total. The highest BCUT2D eigenvalue weighted by molar-refractivity contribution is 5.93. The lowest BCUT2D eigenvalue weighted by Crippen LogP contribution is -2.41. The van der Waals surface area contributed by atoms with E-state index in [1.54, 1.807) is 0 Å². The molecule has 1 saturated heterocycles. The molecule has 2 amide bonds. The number of amides is 2. The van der Waals surface area contributed by atoms with Crippen molar-refractivity contribution in [2.75, 3.05) is 30.3 Å². The quantitative estimate of drug-likeness (QED) is 0.794. The van der Waals surface area contributed by atoms with Gasteiger partial charge in [0.05, 0.1) is 6.54 Å². The van der Waals surface area contributed by atoms with E-state index in [-0.39, 0.29) is 17.7 Å². The lowest BCUT2D eigenvalue weighted by molar-refractivity contribution is -0.121. The van der Waals surface area contributed by atoms with Crippen molar-refractivity contribution in [1.29, 1.82) is 0 Å². The summed E-state index contributed by atoms with van der Waals surface area (Å²) < 4.78 is 0. The summed E-state index contributed by atoms with van der Waals surface area (Å²) in [5.41, 5.74) is 2.91. The SMILES string of the molecule is CC(C)c1ccc(NC(=O)CN2CCC(C(=O)Nc3ccccc3)CC2)cc1. The summed E-state index contributed by atoms with van der Waals surface area (Å²) in [6.45, 7) is 6.17. The molecule has 1 aliphatic heterocycles. The van der Waals surface area contributed by atoms with Gasteiger partial charge in [-0.1, -0.05) is 44.2 Å². The first kappa shape index (κ1) is 20.1. The fourth-order valence-electron chi connectivity index (χ4n) is 3.47. The molecule has 0 atom stereocenters. The van der Waals surface area contributed by atoms with Gasteiger partial charge in [0.2, 0.25) is 11.8 Å². The first-order valence-electron chi connectivity index (χ1n) is 9.99. The highest BCUT2D eigenvalue weighted by atomic mass is 16.2. The van der Waals surface area contributed by atoms with Gasteiger partial charge in [-0.05, 0) is 61.7 Å². The molecular weight excluding hydrogens is 350 g/mol. The molecule has 1 heterocycles. The molecule has 2 N–H and O–H groups in total. The molecule has 0 spiro atoms. The van der Waals surface area contributed by atoms with Crippen LogP contribution in [0.15, 0.2) is 54.6 Å². The summed E-state index contributed by atoms with van der Waals surface area (Å²) in [5.74, 6) is 0.540. The third-order valence-electron chi connectivity index (χ3n) is 5.23. The number of nitrogens with zero attached hydrogens (tertiary/aromatic N) is 1. The Balaban J connectivity index is 1.42. The van der Waals surface area contributed by atoms with Gasteiger partial charge in [0, 0.05) is 17.3 Å². The van der Waals surface area contributed by atoms with Crippen molar-refractivity contribution in [3.63, 3.8) is 0 Å². The van der Waals surface area contributed by atoms with E-state index < -0.39 is 0 Å². The van der Waals surface area contributed by atoms with Crippen LogP contribution in [0, 0.1) is 5.92 Å². The number of carbonyl (C=O) groups excluding carboxylic acids is 2. The van der Waals surface area contributed by atoms with Crippen molar-refractivity contribution in [1.82, 2.24) is 4.90 Å². The Morgan fingerprint density at radius 1 is 0.929 bits per heavy atom. The maximum absolute atomic E-state index is 12.4. The molecule has 2 aromatic rings. The maximum atomic E-state index is 12.4. The van der Waals surface area contributed by atoms with Gasteiger partial charge in [-0.15, -0.1) is 0 Å². The van der Waals surface area contributed by atoms with Crippen LogP contribution in [0.25, 0.3) is 0 Å². The number of hydrogen-bond acceptors (Lipinski definition) is 3. The average Bonchev–Trinajstić information content (AvgIpc) is 2.69. The minimum absolute atomic E-state index is 0.00287. The first-order valence-corrected chi connectivity index (χ1v) is 9.99. The molecule has 1 fully saturated rings. The second-order valence-electron chi connectivity index (χ2n) is 7.73. The molecule has 5 heteroatoms. The summed E-state index contributed by atoms with van der Waals surface area (Å²) in [5, 5.41) is 5.94. The Morgan fingerprint density at radius 2 is 1.54 bits per heavy atom. The van der Waals surface area contributed by atoms with Crippen LogP contribution in [-0.4, -0.2) is 36.3 Å². The van der Waals surface area contributed by atoms with Crippen LogP contribution in [0.1, 0.15) is 38.2 Å². The second-order valence-corrected chi connectivity index (χ2v) is 7.73. The minimum Gasteiger partial charge on any atom is -0.326 e. The highest BCUT2D eigenvalue weighted by Crippen LogP contribution is 2.20. The zero-order chi connectivity index (χ0) is 19.9. The molecular formula is C23H29N3O2. The van der Waals surface area contributed by atoms with Gasteiger partial charge in [0.1, 0.15) is 0 Å². The predicted molar refractivity (Wildman–Crippen MR) is 113 cm³/mol. The van der Waals surface area contributed by atoms with Crippen LogP contribution in [0.2, 0.25) is 0 Å². The van der Waals surface area contributed by atoms with Crippen LogP contribution < -0.4 is 10.6 Å². The zero-order valence-electron chi connectivity index (χ0n) is 16.7. The Kier molecular flexibility index (Phi) is 6.82. The number of anilines is 2. The van der Waals surface area contributed by atoms with E-state index in [4.69, 9.17) is 0 Å². The average molecular weight is 380 g/mol. The number of likely N-dealkylation sites (tertiary alicyclic amines) is 1. The van der Waals surface area contributed by atoms with Crippen LogP contribution in [-0.2, 0) is 9.59 Å². The van der Waals surface area contributed by atoms with Crippen molar-refractivity contribution in [3.8, 4) is 0 Å². The predicted octanol–water partition coefficient (Wildman–Crippen LogP) is 4.10. The Hall–Kier alpha value is -2.66. The molecule has 0 bridgehead atoms. The standard InChI is InChI=1S/C23H29N3O2/c1-17(2)18-8-10-21(11-9-18)24-22(27)16-26-14-12-19(13-15-26)23(28)25-20-6-4-3-5-7-20/h3-11,17,19H,12-16H2,1-2H3,(H,24,27)(H,25,28). The normalized spacial score (nSPS) is 15.4. The fraction of sp³-hybridized carbons (Fsp3) is 0.391. The molecule has 148 valence electrons. The second kappa shape index (κ2) is 9.51. The third-order valence-corrected chi connectivity index (χ3v) is 5.23. The first-order chi connectivity index (χ1) is 13.5. The number of carbonyl (C=O) groups is 2. The van der Waals surface area contributed by atoms with Crippen molar-refractivity contribution in [3.05, 3.63) is 60.2 Å². The van der Waals surface area contributed by atoms with Gasteiger partial charge < -0.3 is 10.6 Å². The van der Waals surface area contributed by atoms with Crippen LogP contribution >= 0.6 is 0 Å². The van der Waals surface area contributed by atoms with E-state index >= 15 is 0 Å². The topological polar surface area (TPSA) is 61.4 Å². The van der Waals surface area contributed by atoms with Crippen molar-refractivity contribution in [2.24, 2.45) is 5.92 Å². The van der Waals surface area contributed by atoms with Gasteiger partial charge in [-0.3, -0.25) is 14.5 Å². The molecule has 28 heavy (non-hydrogen) atoms. The van der Waals surface area contributed by atoms with Gasteiger partial charge in [-0.25, -0.2) is 0 Å². The van der Waals surface area contributed by atoms with Crippen LogP contribution in [0.5, 0.6) is 0 Å². The summed E-state index contributed by atoms with van der Waals surface area (Å²) in [6.07, 6.45) is 1.55. The van der Waals surface area contributed by atoms with Crippen LogP contribution in [0.3, 0.4) is 0 Å². The zero-order valence-corrected chi connectivity index (χ0v) is 16.7. The number of para-hydroxylation sites is 1. The molecule has 0 aliphatic carbocycles. The lowest BCUT2D eigenvalue weighted by atomic mass is 9.96. The molecule has 3 rings (SSSR count). The molecule has 0 aromatic heterocycles. The summed E-state index contributed by atoms with van der Waals surface area (Å²) >= 11 is 0. The number of nitrogens with one attached hydrogen (secondary N) is 2. The van der Waals surface area contributed by atoms with Gasteiger partial charge >= 0.3 is 0 Å². The smallest absolute Gasteiger partial charge is 0.238 e. The summed E-state index contributed by atoms with van der Waals surface area (Å²) in [7, 11) is 0. The molecule has 0 unspecified atom stereocenters. The van der Waals surface area contributed by atoms with E-state index in [0.717, 1.165) is 37.3 Å². The largest absolute Gasteiger partial charge is 0.326 e. The lowest BCUT2D eigenvalue weighted by Gasteiger charge is -2.30. The van der Waals surface area contributed by atoms with Crippen molar-refractivity contribution in [2.45, 2.75) is 32.6 Å². The van der Waals surface area contributed by atoms with Crippen molar-refractivity contribution >= 4 is 23.2 Å². The van der Waals surface area contributed by atoms with E-state index in [1.807, 2.05) is 42.5 Å². The summed E-state index contributed by atoms with van der Waals surface area (Å²) in [4.78, 5) is 26.8. The van der Waals surface area contributed by atoms with Gasteiger partial charge in [0.25, 0.3) is 0 Å².